The van der Waals surface area contributed by atoms with Gasteiger partial charge in [0.05, 0.1) is 0 Å². The smallest absolute Gasteiger partial charge is 0.185 e. The molecule has 0 aliphatic rings. The van der Waals surface area contributed by atoms with E-state index in [4.69, 9.17) is 0 Å². The fraction of sp³-hybridized carbons (Fsp3) is 0.250. The molecular weight excluding hydrogens is 256 g/mol. The van der Waals surface area contributed by atoms with E-state index in [9.17, 15) is 4.79 Å². The number of allylic oxidation sites excluding steroid dienone is 1. The van der Waals surface area contributed by atoms with Gasteiger partial charge in [0.15, 0.2) is 5.78 Å². The summed E-state index contributed by atoms with van der Waals surface area (Å²) in [6, 6.07) is 14.1. The Kier molecular flexibility index (Phi) is 4.74. The molecule has 2 aromatic rings. The molecule has 0 fully saturated rings. The molecule has 1 nitrogen and oxygen atoms in total. The summed E-state index contributed by atoms with van der Waals surface area (Å²) in [5.74, 6) is 0.533. The second-order valence-corrected chi connectivity index (χ2v) is 5.83. The number of aryl methyl sites for hydroxylation is 2. The Labute approximate surface area is 127 Å². The molecule has 0 N–H and O–H groups in total. The van der Waals surface area contributed by atoms with Crippen molar-refractivity contribution >= 4 is 11.9 Å². The first-order valence-corrected chi connectivity index (χ1v) is 7.37. The second-order valence-electron chi connectivity index (χ2n) is 5.83. The van der Waals surface area contributed by atoms with Gasteiger partial charge in [-0.1, -0.05) is 68.0 Å². The van der Waals surface area contributed by atoms with Gasteiger partial charge in [-0.05, 0) is 42.5 Å². The summed E-state index contributed by atoms with van der Waals surface area (Å²) in [4.78, 5) is 12.2. The topological polar surface area (TPSA) is 17.1 Å². The molecule has 0 radical (unpaired) electrons. The maximum Gasteiger partial charge on any atom is 0.185 e. The van der Waals surface area contributed by atoms with E-state index < -0.39 is 0 Å². The normalized spacial score (nSPS) is 11.3. The summed E-state index contributed by atoms with van der Waals surface area (Å²) in [6.45, 7) is 8.42. The van der Waals surface area contributed by atoms with E-state index >= 15 is 0 Å². The minimum absolute atomic E-state index is 0.0474. The molecule has 21 heavy (non-hydrogen) atoms. The molecule has 0 amide bonds. The predicted octanol–water partition coefficient (Wildman–Crippen LogP) is 5.32. The van der Waals surface area contributed by atoms with E-state index in [0.717, 1.165) is 11.1 Å². The van der Waals surface area contributed by atoms with Gasteiger partial charge < -0.3 is 0 Å². The zero-order chi connectivity index (χ0) is 15.4. The Morgan fingerprint density at radius 3 is 2.29 bits per heavy atom. The molecule has 2 aromatic carbocycles. The number of ketones is 1. The largest absolute Gasteiger partial charge is 0.289 e. The SMILES string of the molecule is Cc1ccc(C)c(/C=C/C(=O)c2ccc(C(C)C)cc2)c1. The van der Waals surface area contributed by atoms with Gasteiger partial charge in [0.1, 0.15) is 0 Å². The van der Waals surface area contributed by atoms with Crippen LogP contribution in [0.3, 0.4) is 0 Å². The van der Waals surface area contributed by atoms with Crippen LogP contribution >= 0.6 is 0 Å². The average molecular weight is 278 g/mol. The Morgan fingerprint density at radius 1 is 1.00 bits per heavy atom. The average Bonchev–Trinajstić information content (AvgIpc) is 2.48. The lowest BCUT2D eigenvalue weighted by molar-refractivity contribution is 0.104. The van der Waals surface area contributed by atoms with Gasteiger partial charge in [-0.2, -0.15) is 0 Å². The maximum absolute atomic E-state index is 12.2. The van der Waals surface area contributed by atoms with Crippen molar-refractivity contribution in [2.75, 3.05) is 0 Å². The molecule has 0 spiro atoms. The molecule has 2 rings (SSSR count). The molecule has 0 heterocycles. The highest BCUT2D eigenvalue weighted by molar-refractivity contribution is 6.06. The van der Waals surface area contributed by atoms with Crippen molar-refractivity contribution in [1.82, 2.24) is 0 Å². The highest BCUT2D eigenvalue weighted by Gasteiger charge is 2.04. The van der Waals surface area contributed by atoms with Gasteiger partial charge in [0.2, 0.25) is 0 Å². The molecule has 0 aliphatic heterocycles. The van der Waals surface area contributed by atoms with E-state index in [-0.39, 0.29) is 5.78 Å². The molecule has 0 bridgehead atoms. The number of carbonyl (C=O) groups is 1. The van der Waals surface area contributed by atoms with Crippen LogP contribution < -0.4 is 0 Å². The minimum atomic E-state index is 0.0474. The molecule has 0 atom stereocenters. The predicted molar refractivity (Wildman–Crippen MR) is 89.8 cm³/mol. The van der Waals surface area contributed by atoms with Gasteiger partial charge in [-0.15, -0.1) is 0 Å². The minimum Gasteiger partial charge on any atom is -0.289 e. The van der Waals surface area contributed by atoms with Crippen molar-refractivity contribution in [3.8, 4) is 0 Å². The van der Waals surface area contributed by atoms with Gasteiger partial charge >= 0.3 is 0 Å². The van der Waals surface area contributed by atoms with Crippen LogP contribution in [0, 0.1) is 13.8 Å². The van der Waals surface area contributed by atoms with Crippen LogP contribution in [0.1, 0.15) is 52.4 Å². The highest BCUT2D eigenvalue weighted by atomic mass is 16.1. The molecule has 0 saturated carbocycles. The third kappa shape index (κ3) is 3.91. The number of carbonyl (C=O) groups excluding carboxylic acids is 1. The first-order chi connectivity index (χ1) is 9.97. The summed E-state index contributed by atoms with van der Waals surface area (Å²) in [6.07, 6.45) is 3.56. The van der Waals surface area contributed by atoms with Crippen LogP contribution in [0.25, 0.3) is 6.08 Å². The Balaban J connectivity index is 2.17. The Bertz CT molecular complexity index is 661. The van der Waals surface area contributed by atoms with Crippen molar-refractivity contribution in [3.05, 3.63) is 76.4 Å². The summed E-state index contributed by atoms with van der Waals surface area (Å²) in [7, 11) is 0. The molecule has 1 heteroatoms. The first-order valence-electron chi connectivity index (χ1n) is 7.37. The lowest BCUT2D eigenvalue weighted by Crippen LogP contribution is -1.95. The van der Waals surface area contributed by atoms with E-state index in [1.807, 2.05) is 30.3 Å². The van der Waals surface area contributed by atoms with Crippen molar-refractivity contribution in [2.24, 2.45) is 0 Å². The van der Waals surface area contributed by atoms with Crippen molar-refractivity contribution in [2.45, 2.75) is 33.6 Å². The van der Waals surface area contributed by atoms with Gasteiger partial charge in [-0.3, -0.25) is 4.79 Å². The van der Waals surface area contributed by atoms with Gasteiger partial charge in [0, 0.05) is 5.56 Å². The molecular formula is C20H22O. The zero-order valence-electron chi connectivity index (χ0n) is 13.2. The highest BCUT2D eigenvalue weighted by Crippen LogP contribution is 2.16. The van der Waals surface area contributed by atoms with E-state index in [1.165, 1.54) is 16.7 Å². The summed E-state index contributed by atoms with van der Waals surface area (Å²) < 4.78 is 0. The van der Waals surface area contributed by atoms with Gasteiger partial charge in [0.25, 0.3) is 0 Å². The van der Waals surface area contributed by atoms with Crippen molar-refractivity contribution < 1.29 is 4.79 Å². The van der Waals surface area contributed by atoms with Crippen LogP contribution in [-0.2, 0) is 0 Å². The van der Waals surface area contributed by atoms with E-state index in [1.54, 1.807) is 6.08 Å². The number of hydrogen-bond acceptors (Lipinski definition) is 1. The fourth-order valence-electron chi connectivity index (χ4n) is 2.23. The third-order valence-corrected chi connectivity index (χ3v) is 3.71. The third-order valence-electron chi connectivity index (χ3n) is 3.71. The number of benzene rings is 2. The van der Waals surface area contributed by atoms with Crippen LogP contribution in [0.5, 0.6) is 0 Å². The Morgan fingerprint density at radius 2 is 1.67 bits per heavy atom. The first kappa shape index (κ1) is 15.2. The van der Waals surface area contributed by atoms with Crippen LogP contribution in [0.15, 0.2) is 48.5 Å². The van der Waals surface area contributed by atoms with Crippen molar-refractivity contribution in [1.29, 1.82) is 0 Å². The Hall–Kier alpha value is -2.15. The molecule has 108 valence electrons. The van der Waals surface area contributed by atoms with Crippen LogP contribution in [0.2, 0.25) is 0 Å². The lowest BCUT2D eigenvalue weighted by Gasteiger charge is -2.05. The van der Waals surface area contributed by atoms with E-state index in [0.29, 0.717) is 5.92 Å². The standard InChI is InChI=1S/C20H22O/c1-14(2)17-7-9-18(10-8-17)20(21)12-11-19-13-15(3)5-6-16(19)4/h5-14H,1-4H3/b12-11+. The molecule has 0 unspecified atom stereocenters. The number of hydrogen-bond donors (Lipinski definition) is 0. The fourth-order valence-corrected chi connectivity index (χ4v) is 2.23. The van der Waals surface area contributed by atoms with Crippen LogP contribution in [-0.4, -0.2) is 5.78 Å². The monoisotopic (exact) mass is 278 g/mol. The van der Waals surface area contributed by atoms with Crippen molar-refractivity contribution in [3.63, 3.8) is 0 Å². The van der Waals surface area contributed by atoms with Crippen LogP contribution in [0.4, 0.5) is 0 Å². The lowest BCUT2D eigenvalue weighted by atomic mass is 10.00. The van der Waals surface area contributed by atoms with Gasteiger partial charge in [-0.25, -0.2) is 0 Å². The molecule has 0 aromatic heterocycles. The second kappa shape index (κ2) is 6.53. The quantitative estimate of drug-likeness (QED) is 0.546. The molecule has 0 saturated heterocycles. The maximum atomic E-state index is 12.2. The number of rotatable bonds is 4. The summed E-state index contributed by atoms with van der Waals surface area (Å²) in [5, 5.41) is 0. The molecule has 0 aliphatic carbocycles. The summed E-state index contributed by atoms with van der Waals surface area (Å²) in [5.41, 5.74) is 5.47. The zero-order valence-corrected chi connectivity index (χ0v) is 13.2. The summed E-state index contributed by atoms with van der Waals surface area (Å²) >= 11 is 0. The van der Waals surface area contributed by atoms with E-state index in [2.05, 4.69) is 45.9 Å².